The summed E-state index contributed by atoms with van der Waals surface area (Å²) in [6, 6.07) is 30.2. The lowest BCUT2D eigenvalue weighted by Gasteiger charge is -2.17. The Morgan fingerprint density at radius 2 is 1.68 bits per heavy atom. The first-order chi connectivity index (χ1) is 18.5. The number of carbonyl (C=O) groups excluding carboxylic acids is 2. The average Bonchev–Trinajstić information content (AvgIpc) is 3.34. The van der Waals surface area contributed by atoms with E-state index < -0.39 is 5.25 Å². The lowest BCUT2D eigenvalue weighted by molar-refractivity contribution is -0.115. The minimum Gasteiger partial charge on any atom is -0.497 e. The molecule has 2 N–H and O–H groups in total. The summed E-state index contributed by atoms with van der Waals surface area (Å²) in [4.78, 5) is 31.7. The molecule has 1 unspecified atom stereocenters. The van der Waals surface area contributed by atoms with Gasteiger partial charge in [0, 0.05) is 16.1 Å². The van der Waals surface area contributed by atoms with Crippen LogP contribution < -0.4 is 15.4 Å². The van der Waals surface area contributed by atoms with Gasteiger partial charge in [0.15, 0.2) is 5.13 Å². The van der Waals surface area contributed by atoms with Crippen molar-refractivity contribution in [2.75, 3.05) is 17.7 Å². The maximum absolute atomic E-state index is 13.5. The third-order valence-corrected chi connectivity index (χ3v) is 8.01. The van der Waals surface area contributed by atoms with Gasteiger partial charge in [-0.3, -0.25) is 9.59 Å². The van der Waals surface area contributed by atoms with Crippen molar-refractivity contribution >= 4 is 55.9 Å². The number of thioether (sulfide) groups is 1. The molecule has 190 valence electrons. The third kappa shape index (κ3) is 6.04. The molecule has 0 aliphatic carbocycles. The van der Waals surface area contributed by atoms with Crippen LogP contribution in [0.4, 0.5) is 10.8 Å². The number of fused-ring (bicyclic) bond motifs is 1. The van der Waals surface area contributed by atoms with E-state index in [1.165, 1.54) is 23.1 Å². The van der Waals surface area contributed by atoms with E-state index in [0.29, 0.717) is 16.4 Å². The molecule has 38 heavy (non-hydrogen) atoms. The summed E-state index contributed by atoms with van der Waals surface area (Å²) in [5.74, 6) is 0.379. The van der Waals surface area contributed by atoms with Gasteiger partial charge in [-0.1, -0.05) is 65.4 Å². The molecule has 5 aromatic rings. The van der Waals surface area contributed by atoms with Crippen LogP contribution in [0.3, 0.4) is 0 Å². The molecule has 4 aromatic carbocycles. The molecule has 0 saturated heterocycles. The fraction of sp³-hybridized carbons (Fsp3) is 0.100. The quantitative estimate of drug-likeness (QED) is 0.202. The maximum atomic E-state index is 13.5. The van der Waals surface area contributed by atoms with Gasteiger partial charge in [-0.05, 0) is 61.0 Å². The molecular weight excluding hydrogens is 514 g/mol. The Labute approximate surface area is 229 Å². The Kier molecular flexibility index (Phi) is 7.72. The van der Waals surface area contributed by atoms with E-state index in [1.54, 1.807) is 19.2 Å². The highest BCUT2D eigenvalue weighted by molar-refractivity contribution is 8.00. The lowest BCUT2D eigenvalue weighted by Crippen LogP contribution is -2.19. The first-order valence-corrected chi connectivity index (χ1v) is 13.6. The lowest BCUT2D eigenvalue weighted by atomic mass is 10.1. The molecule has 0 radical (unpaired) electrons. The summed E-state index contributed by atoms with van der Waals surface area (Å²) in [6.07, 6.45) is 0. The highest BCUT2D eigenvalue weighted by Gasteiger charge is 2.23. The Bertz CT molecular complexity index is 1580. The molecule has 1 atom stereocenters. The minimum atomic E-state index is -0.527. The van der Waals surface area contributed by atoms with Crippen LogP contribution in [-0.2, 0) is 4.79 Å². The number of hydrogen-bond donors (Lipinski definition) is 2. The Balaban J connectivity index is 1.36. The SMILES string of the molecule is COc1ccc2nc(NC(=O)C(Sc3cccc(NC(=O)c4ccc(C)cc4)c3)c3ccccc3)sc2c1. The average molecular weight is 540 g/mol. The summed E-state index contributed by atoms with van der Waals surface area (Å²) in [5.41, 5.74) is 4.01. The summed E-state index contributed by atoms with van der Waals surface area (Å²) >= 11 is 2.82. The highest BCUT2D eigenvalue weighted by atomic mass is 32.2. The summed E-state index contributed by atoms with van der Waals surface area (Å²) < 4.78 is 6.23. The number of amides is 2. The molecule has 0 aliphatic heterocycles. The van der Waals surface area contributed by atoms with Gasteiger partial charge in [0.05, 0.1) is 17.3 Å². The monoisotopic (exact) mass is 539 g/mol. The molecule has 2 amide bonds. The largest absolute Gasteiger partial charge is 0.497 e. The number of ether oxygens (including phenoxy) is 1. The number of aryl methyl sites for hydroxylation is 1. The fourth-order valence-corrected chi connectivity index (χ4v) is 5.83. The van der Waals surface area contributed by atoms with Crippen LogP contribution in [-0.4, -0.2) is 23.9 Å². The molecule has 0 saturated carbocycles. The first-order valence-electron chi connectivity index (χ1n) is 11.9. The molecule has 1 aromatic heterocycles. The van der Waals surface area contributed by atoms with E-state index in [9.17, 15) is 9.59 Å². The molecule has 6 nitrogen and oxygen atoms in total. The second-order valence-electron chi connectivity index (χ2n) is 8.60. The van der Waals surface area contributed by atoms with Gasteiger partial charge in [0.25, 0.3) is 5.91 Å². The second-order valence-corrected chi connectivity index (χ2v) is 10.8. The van der Waals surface area contributed by atoms with Crippen molar-refractivity contribution in [2.45, 2.75) is 17.1 Å². The maximum Gasteiger partial charge on any atom is 0.255 e. The standard InChI is InChI=1S/C30H25N3O3S2/c1-19-11-13-21(14-12-19)28(34)31-22-9-6-10-24(17-22)37-27(20-7-4-3-5-8-20)29(35)33-30-32-25-16-15-23(36-2)18-26(25)38-30/h3-18,27H,1-2H3,(H,31,34)(H,32,33,35). The van der Waals surface area contributed by atoms with Gasteiger partial charge < -0.3 is 15.4 Å². The van der Waals surface area contributed by atoms with E-state index in [1.807, 2.05) is 91.9 Å². The van der Waals surface area contributed by atoms with Crippen LogP contribution in [0, 0.1) is 6.92 Å². The van der Waals surface area contributed by atoms with Crippen LogP contribution in [0.15, 0.2) is 102 Å². The van der Waals surface area contributed by atoms with E-state index in [0.717, 1.165) is 32.0 Å². The minimum absolute atomic E-state index is 0.179. The number of benzene rings is 4. The van der Waals surface area contributed by atoms with Gasteiger partial charge in [0.1, 0.15) is 11.0 Å². The topological polar surface area (TPSA) is 80.3 Å². The van der Waals surface area contributed by atoms with Crippen molar-refractivity contribution in [1.82, 2.24) is 4.98 Å². The smallest absolute Gasteiger partial charge is 0.255 e. The van der Waals surface area contributed by atoms with Crippen LogP contribution in [0.25, 0.3) is 10.2 Å². The highest BCUT2D eigenvalue weighted by Crippen LogP contribution is 2.38. The van der Waals surface area contributed by atoms with Gasteiger partial charge >= 0.3 is 0 Å². The van der Waals surface area contributed by atoms with Gasteiger partial charge in [0.2, 0.25) is 5.91 Å². The van der Waals surface area contributed by atoms with Crippen molar-refractivity contribution in [3.05, 3.63) is 114 Å². The molecule has 0 bridgehead atoms. The Morgan fingerprint density at radius 3 is 2.45 bits per heavy atom. The summed E-state index contributed by atoms with van der Waals surface area (Å²) in [7, 11) is 1.62. The van der Waals surface area contributed by atoms with E-state index in [-0.39, 0.29) is 11.8 Å². The molecule has 0 aliphatic rings. The van der Waals surface area contributed by atoms with Crippen molar-refractivity contribution < 1.29 is 14.3 Å². The van der Waals surface area contributed by atoms with Crippen molar-refractivity contribution in [3.8, 4) is 5.75 Å². The number of nitrogens with zero attached hydrogens (tertiary/aromatic N) is 1. The number of hydrogen-bond acceptors (Lipinski definition) is 6. The molecular formula is C30H25N3O3S2. The summed E-state index contributed by atoms with van der Waals surface area (Å²) in [5, 5.41) is 5.95. The number of aromatic nitrogens is 1. The molecule has 0 spiro atoms. The van der Waals surface area contributed by atoms with Gasteiger partial charge in [-0.25, -0.2) is 4.98 Å². The molecule has 8 heteroatoms. The van der Waals surface area contributed by atoms with E-state index in [2.05, 4.69) is 15.6 Å². The van der Waals surface area contributed by atoms with Crippen molar-refractivity contribution in [1.29, 1.82) is 0 Å². The van der Waals surface area contributed by atoms with Gasteiger partial charge in [-0.2, -0.15) is 0 Å². The number of anilines is 2. The van der Waals surface area contributed by atoms with Crippen LogP contribution >= 0.6 is 23.1 Å². The van der Waals surface area contributed by atoms with E-state index >= 15 is 0 Å². The van der Waals surface area contributed by atoms with Crippen LogP contribution in [0.1, 0.15) is 26.7 Å². The van der Waals surface area contributed by atoms with Crippen LogP contribution in [0.2, 0.25) is 0 Å². The number of nitrogens with one attached hydrogen (secondary N) is 2. The number of carbonyl (C=O) groups is 2. The predicted molar refractivity (Wildman–Crippen MR) is 155 cm³/mol. The number of methoxy groups -OCH3 is 1. The fourth-order valence-electron chi connectivity index (χ4n) is 3.85. The zero-order valence-corrected chi connectivity index (χ0v) is 22.4. The second kappa shape index (κ2) is 11.5. The van der Waals surface area contributed by atoms with Crippen molar-refractivity contribution in [2.24, 2.45) is 0 Å². The molecule has 5 rings (SSSR count). The summed E-state index contributed by atoms with van der Waals surface area (Å²) in [6.45, 7) is 1.98. The zero-order chi connectivity index (χ0) is 26.5. The van der Waals surface area contributed by atoms with E-state index in [4.69, 9.17) is 4.74 Å². The first kappa shape index (κ1) is 25.5. The zero-order valence-electron chi connectivity index (χ0n) is 20.8. The number of thiazole rings is 1. The normalized spacial score (nSPS) is 11.6. The third-order valence-electron chi connectivity index (χ3n) is 5.83. The van der Waals surface area contributed by atoms with Crippen molar-refractivity contribution in [3.63, 3.8) is 0 Å². The molecule has 0 fully saturated rings. The van der Waals surface area contributed by atoms with Gasteiger partial charge in [-0.15, -0.1) is 11.8 Å². The van der Waals surface area contributed by atoms with Crippen LogP contribution in [0.5, 0.6) is 5.75 Å². The Hall–Kier alpha value is -4.14. The number of rotatable bonds is 8. The Morgan fingerprint density at radius 1 is 0.895 bits per heavy atom. The predicted octanol–water partition coefficient (Wildman–Crippen LogP) is 7.34. The molecule has 1 heterocycles.